The van der Waals surface area contributed by atoms with Crippen molar-refractivity contribution < 1.29 is 4.74 Å². The third kappa shape index (κ3) is 3.76. The molecule has 0 radical (unpaired) electrons. The highest BCUT2D eigenvalue weighted by Gasteiger charge is 2.26. The summed E-state index contributed by atoms with van der Waals surface area (Å²) in [7, 11) is 1.70. The van der Waals surface area contributed by atoms with Crippen LogP contribution in [0.2, 0.25) is 0 Å². The number of ether oxygens (including phenoxy) is 1. The maximum Gasteiger partial charge on any atom is 0.118 e. The van der Waals surface area contributed by atoms with Crippen LogP contribution in [-0.2, 0) is 0 Å². The first-order valence-electron chi connectivity index (χ1n) is 7.83. The second-order valence-corrected chi connectivity index (χ2v) is 5.40. The highest BCUT2D eigenvalue weighted by Crippen LogP contribution is 2.27. The lowest BCUT2D eigenvalue weighted by atomic mass is 10.1. The zero-order valence-electron chi connectivity index (χ0n) is 13.7. The molecule has 1 aromatic carbocycles. The Kier molecular flexibility index (Phi) is 5.62. The van der Waals surface area contributed by atoms with Crippen molar-refractivity contribution in [2.45, 2.75) is 26.8 Å². The minimum Gasteiger partial charge on any atom is -0.497 e. The zero-order chi connectivity index (χ0) is 15.2. The van der Waals surface area contributed by atoms with Crippen LogP contribution in [0.4, 0.5) is 0 Å². The normalized spacial score (nSPS) is 18.2. The molecule has 21 heavy (non-hydrogen) atoms. The highest BCUT2D eigenvalue weighted by molar-refractivity contribution is 5.82. The van der Waals surface area contributed by atoms with Crippen LogP contribution in [-0.4, -0.2) is 55.5 Å². The van der Waals surface area contributed by atoms with E-state index in [4.69, 9.17) is 4.74 Å². The number of likely N-dealkylation sites (N-methyl/N-ethyl adjacent to an activating group) is 1. The van der Waals surface area contributed by atoms with Crippen LogP contribution in [0.25, 0.3) is 0 Å². The van der Waals surface area contributed by atoms with Gasteiger partial charge in [-0.3, -0.25) is 4.99 Å². The summed E-state index contributed by atoms with van der Waals surface area (Å²) in [5.74, 6) is 2.06. The van der Waals surface area contributed by atoms with E-state index in [1.54, 1.807) is 7.11 Å². The summed E-state index contributed by atoms with van der Waals surface area (Å²) in [4.78, 5) is 9.53. The lowest BCUT2D eigenvalue weighted by Crippen LogP contribution is -2.37. The number of methoxy groups -OCH3 is 1. The predicted octanol–water partition coefficient (Wildman–Crippen LogP) is 2.81. The molecule has 1 aromatic rings. The van der Waals surface area contributed by atoms with E-state index in [-0.39, 0.29) is 0 Å². The van der Waals surface area contributed by atoms with Gasteiger partial charge in [-0.1, -0.05) is 26.0 Å². The van der Waals surface area contributed by atoms with E-state index in [2.05, 4.69) is 47.7 Å². The van der Waals surface area contributed by atoms with E-state index < -0.39 is 0 Å². The number of amidine groups is 1. The third-order valence-corrected chi connectivity index (χ3v) is 4.34. The summed E-state index contributed by atoms with van der Waals surface area (Å²) in [6.07, 6.45) is 0. The number of nitrogens with zero attached hydrogens (tertiary/aromatic N) is 3. The Labute approximate surface area is 128 Å². The van der Waals surface area contributed by atoms with E-state index in [9.17, 15) is 0 Å². The van der Waals surface area contributed by atoms with Crippen molar-refractivity contribution in [2.75, 3.05) is 39.8 Å². The molecule has 4 nitrogen and oxygen atoms in total. The molecule has 0 saturated heterocycles. The van der Waals surface area contributed by atoms with Crippen LogP contribution in [0.5, 0.6) is 5.75 Å². The number of hydrogen-bond acceptors (Lipinski definition) is 4. The number of hydrogen-bond donors (Lipinski definition) is 0. The first-order valence-corrected chi connectivity index (χ1v) is 7.83. The fourth-order valence-electron chi connectivity index (χ4n) is 2.85. The summed E-state index contributed by atoms with van der Waals surface area (Å²) in [5, 5.41) is 0. The molecule has 1 aliphatic rings. The number of aliphatic imine (C=N–C) groups is 1. The Morgan fingerprint density at radius 2 is 1.90 bits per heavy atom. The van der Waals surface area contributed by atoms with Crippen molar-refractivity contribution in [1.82, 2.24) is 9.80 Å². The van der Waals surface area contributed by atoms with E-state index in [1.165, 1.54) is 5.56 Å². The Morgan fingerprint density at radius 1 is 1.24 bits per heavy atom. The summed E-state index contributed by atoms with van der Waals surface area (Å²) in [5.41, 5.74) is 1.32. The van der Waals surface area contributed by atoms with Gasteiger partial charge < -0.3 is 14.5 Å². The van der Waals surface area contributed by atoms with Gasteiger partial charge in [0.25, 0.3) is 0 Å². The van der Waals surface area contributed by atoms with Gasteiger partial charge in [0.15, 0.2) is 0 Å². The molecule has 1 aliphatic heterocycles. The van der Waals surface area contributed by atoms with Crippen LogP contribution < -0.4 is 4.74 Å². The molecule has 2 rings (SSSR count). The van der Waals surface area contributed by atoms with Gasteiger partial charge in [0.2, 0.25) is 0 Å². The summed E-state index contributed by atoms with van der Waals surface area (Å²) in [6.45, 7) is 11.7. The van der Waals surface area contributed by atoms with Crippen molar-refractivity contribution in [1.29, 1.82) is 0 Å². The Bertz CT molecular complexity index is 465. The molecule has 0 spiro atoms. The van der Waals surface area contributed by atoms with Gasteiger partial charge in [0, 0.05) is 13.1 Å². The molecule has 0 saturated carbocycles. The maximum atomic E-state index is 5.24. The van der Waals surface area contributed by atoms with Gasteiger partial charge >= 0.3 is 0 Å². The Morgan fingerprint density at radius 3 is 2.48 bits per heavy atom. The average molecular weight is 289 g/mol. The minimum atomic E-state index is 0.367. The van der Waals surface area contributed by atoms with Crippen molar-refractivity contribution in [3.63, 3.8) is 0 Å². The molecule has 4 heteroatoms. The minimum absolute atomic E-state index is 0.367. The van der Waals surface area contributed by atoms with E-state index in [0.717, 1.165) is 44.3 Å². The van der Waals surface area contributed by atoms with Crippen molar-refractivity contribution in [3.8, 4) is 5.75 Å². The molecular weight excluding hydrogens is 262 g/mol. The molecular formula is C17H27N3O. The molecule has 0 amide bonds. The van der Waals surface area contributed by atoms with Gasteiger partial charge in [-0.25, -0.2) is 0 Å². The fourth-order valence-corrected chi connectivity index (χ4v) is 2.85. The molecule has 1 unspecified atom stereocenters. The average Bonchev–Trinajstić information content (AvgIpc) is 2.89. The van der Waals surface area contributed by atoms with Gasteiger partial charge in [-0.05, 0) is 37.7 Å². The van der Waals surface area contributed by atoms with Crippen LogP contribution >= 0.6 is 0 Å². The first-order chi connectivity index (χ1) is 10.2. The maximum absolute atomic E-state index is 5.24. The summed E-state index contributed by atoms with van der Waals surface area (Å²) < 4.78 is 5.24. The van der Waals surface area contributed by atoms with Crippen LogP contribution in [0.15, 0.2) is 29.3 Å². The predicted molar refractivity (Wildman–Crippen MR) is 88.2 cm³/mol. The molecule has 0 aliphatic carbocycles. The molecule has 0 bridgehead atoms. The molecule has 1 heterocycles. The SMILES string of the molecule is CCN(CC)CCN1C(C)=NCC1c1ccc(OC)cc1. The van der Waals surface area contributed by atoms with E-state index in [0.29, 0.717) is 6.04 Å². The number of benzene rings is 1. The van der Waals surface area contributed by atoms with E-state index >= 15 is 0 Å². The van der Waals surface area contributed by atoms with Gasteiger partial charge in [-0.2, -0.15) is 0 Å². The second-order valence-electron chi connectivity index (χ2n) is 5.40. The fraction of sp³-hybridized carbons (Fsp3) is 0.588. The molecule has 0 fully saturated rings. The van der Waals surface area contributed by atoms with Gasteiger partial charge in [-0.15, -0.1) is 0 Å². The van der Waals surface area contributed by atoms with Crippen LogP contribution in [0.3, 0.4) is 0 Å². The van der Waals surface area contributed by atoms with Crippen molar-refractivity contribution in [3.05, 3.63) is 29.8 Å². The van der Waals surface area contributed by atoms with Crippen molar-refractivity contribution >= 4 is 5.84 Å². The molecule has 0 N–H and O–H groups in total. The highest BCUT2D eigenvalue weighted by atomic mass is 16.5. The molecule has 1 atom stereocenters. The summed E-state index contributed by atoms with van der Waals surface area (Å²) >= 11 is 0. The molecule has 0 aromatic heterocycles. The Balaban J connectivity index is 2.04. The van der Waals surface area contributed by atoms with E-state index in [1.807, 2.05) is 12.1 Å². The lowest BCUT2D eigenvalue weighted by molar-refractivity contribution is 0.249. The third-order valence-electron chi connectivity index (χ3n) is 4.34. The zero-order valence-corrected chi connectivity index (χ0v) is 13.7. The monoisotopic (exact) mass is 289 g/mol. The smallest absolute Gasteiger partial charge is 0.118 e. The molecule has 116 valence electrons. The summed E-state index contributed by atoms with van der Waals surface area (Å²) in [6, 6.07) is 8.74. The van der Waals surface area contributed by atoms with Crippen LogP contribution in [0.1, 0.15) is 32.4 Å². The standard InChI is InChI=1S/C17H27N3O/c1-5-19(6-2)11-12-20-14(3)18-13-17(20)15-7-9-16(21-4)10-8-15/h7-10,17H,5-6,11-13H2,1-4H3. The first kappa shape index (κ1) is 15.8. The topological polar surface area (TPSA) is 28.1 Å². The quantitative estimate of drug-likeness (QED) is 0.772. The van der Waals surface area contributed by atoms with Crippen molar-refractivity contribution in [2.24, 2.45) is 4.99 Å². The number of rotatable bonds is 7. The van der Waals surface area contributed by atoms with Gasteiger partial charge in [0.05, 0.1) is 25.5 Å². The van der Waals surface area contributed by atoms with Crippen LogP contribution in [0, 0.1) is 0 Å². The second kappa shape index (κ2) is 7.46. The lowest BCUT2D eigenvalue weighted by Gasteiger charge is -2.30. The largest absolute Gasteiger partial charge is 0.497 e. The Hall–Kier alpha value is -1.55. The van der Waals surface area contributed by atoms with Gasteiger partial charge in [0.1, 0.15) is 5.75 Å².